The van der Waals surface area contributed by atoms with E-state index in [9.17, 15) is 30.1 Å². The van der Waals surface area contributed by atoms with Gasteiger partial charge >= 0.3 is 5.69 Å². The topological polar surface area (TPSA) is 169 Å². The lowest BCUT2D eigenvalue weighted by molar-refractivity contribution is -0.394. The molecule has 2 N–H and O–H groups in total. The summed E-state index contributed by atoms with van der Waals surface area (Å²) in [5.74, 6) is -0.892. The fourth-order valence-corrected chi connectivity index (χ4v) is 2.62. The first-order chi connectivity index (χ1) is 13.7. The lowest BCUT2D eigenvalue weighted by atomic mass is 10.2. The summed E-state index contributed by atoms with van der Waals surface area (Å²) in [6.45, 7) is 3.43. The average molecular weight is 398 g/mol. The van der Waals surface area contributed by atoms with Gasteiger partial charge in [-0.05, 0) is 31.5 Å². The number of hydrogen-bond acceptors (Lipinski definition) is 8. The fourth-order valence-electron chi connectivity index (χ4n) is 2.62. The van der Waals surface area contributed by atoms with Gasteiger partial charge in [0.25, 0.3) is 11.2 Å². The number of nitro benzene ring substituents is 2. The zero-order chi connectivity index (χ0) is 21.3. The van der Waals surface area contributed by atoms with Crippen molar-refractivity contribution in [2.75, 3.05) is 0 Å². The third kappa shape index (κ3) is 3.71. The summed E-state index contributed by atoms with van der Waals surface area (Å²) in [7, 11) is 0. The Labute approximate surface area is 162 Å². The number of rotatable bonds is 5. The molecule has 29 heavy (non-hydrogen) atoms. The van der Waals surface area contributed by atoms with Gasteiger partial charge in [0.15, 0.2) is 5.69 Å². The van der Waals surface area contributed by atoms with Gasteiger partial charge in [-0.2, -0.15) is 0 Å². The number of nitro groups is 2. The number of benzene rings is 2. The van der Waals surface area contributed by atoms with Gasteiger partial charge in [0.1, 0.15) is 5.69 Å². The monoisotopic (exact) mass is 398 g/mol. The van der Waals surface area contributed by atoms with E-state index in [1.807, 2.05) is 13.0 Å². The van der Waals surface area contributed by atoms with E-state index >= 15 is 0 Å². The van der Waals surface area contributed by atoms with Gasteiger partial charge in [0, 0.05) is 6.07 Å². The number of aromatic amines is 1. The summed E-state index contributed by atoms with van der Waals surface area (Å²) in [4.78, 5) is 32.8. The quantitative estimate of drug-likeness (QED) is 0.377. The minimum Gasteiger partial charge on any atom is -0.501 e. The molecule has 12 nitrogen and oxygen atoms in total. The van der Waals surface area contributed by atoms with Crippen molar-refractivity contribution in [3.05, 3.63) is 78.2 Å². The van der Waals surface area contributed by atoms with Crippen molar-refractivity contribution in [2.45, 2.75) is 13.8 Å². The number of aromatic nitrogens is 2. The predicted octanol–water partition coefficient (Wildman–Crippen LogP) is 3.72. The molecular formula is C17H14N6O6. The Kier molecular flexibility index (Phi) is 4.92. The Bertz CT molecular complexity index is 1230. The van der Waals surface area contributed by atoms with E-state index in [-0.39, 0.29) is 5.69 Å². The smallest absolute Gasteiger partial charge is 0.319 e. The fraction of sp³-hybridized carbons (Fsp3) is 0.118. The maximum absolute atomic E-state index is 12.7. The molecule has 0 aliphatic rings. The van der Waals surface area contributed by atoms with Crippen molar-refractivity contribution in [1.82, 2.24) is 9.78 Å². The van der Waals surface area contributed by atoms with E-state index < -0.39 is 38.2 Å². The Balaban J connectivity index is 2.09. The molecule has 0 unspecified atom stereocenters. The summed E-state index contributed by atoms with van der Waals surface area (Å²) in [5.41, 5.74) is -0.862. The van der Waals surface area contributed by atoms with Crippen LogP contribution in [0.3, 0.4) is 0 Å². The van der Waals surface area contributed by atoms with Crippen LogP contribution in [0.15, 0.2) is 51.4 Å². The van der Waals surface area contributed by atoms with Crippen LogP contribution in [0.5, 0.6) is 5.75 Å². The summed E-state index contributed by atoms with van der Waals surface area (Å²) in [6, 6.07) is 8.56. The zero-order valence-electron chi connectivity index (χ0n) is 15.2. The first-order valence-corrected chi connectivity index (χ1v) is 8.15. The number of nitrogens with one attached hydrogen (secondary N) is 1. The summed E-state index contributed by atoms with van der Waals surface area (Å²) in [5, 5.41) is 42.2. The summed E-state index contributed by atoms with van der Waals surface area (Å²) < 4.78 is 1.24. The Morgan fingerprint density at radius 2 is 1.79 bits per heavy atom. The minimum atomic E-state index is -0.979. The maximum Gasteiger partial charge on any atom is 0.319 e. The van der Waals surface area contributed by atoms with Crippen molar-refractivity contribution in [2.24, 2.45) is 10.2 Å². The van der Waals surface area contributed by atoms with E-state index in [1.165, 1.54) is 4.68 Å². The molecule has 0 aliphatic carbocycles. The Morgan fingerprint density at radius 1 is 1.07 bits per heavy atom. The highest BCUT2D eigenvalue weighted by Gasteiger charge is 2.24. The van der Waals surface area contributed by atoms with Gasteiger partial charge < -0.3 is 5.11 Å². The molecule has 3 aromatic rings. The maximum atomic E-state index is 12.7. The summed E-state index contributed by atoms with van der Waals surface area (Å²) >= 11 is 0. The number of aromatic hydroxyl groups is 1. The van der Waals surface area contributed by atoms with Crippen molar-refractivity contribution in [3.63, 3.8) is 0 Å². The number of phenolic OH excluding ortho intramolecular Hbond substituents is 1. The number of phenols is 1. The van der Waals surface area contributed by atoms with Crippen LogP contribution in [-0.2, 0) is 0 Å². The van der Waals surface area contributed by atoms with Crippen LogP contribution < -0.4 is 5.56 Å². The highest BCUT2D eigenvalue weighted by molar-refractivity contribution is 5.67. The van der Waals surface area contributed by atoms with Crippen molar-refractivity contribution in [3.8, 4) is 11.4 Å². The van der Waals surface area contributed by atoms with Crippen molar-refractivity contribution >= 4 is 22.7 Å². The van der Waals surface area contributed by atoms with E-state index in [2.05, 4.69) is 15.3 Å². The summed E-state index contributed by atoms with van der Waals surface area (Å²) in [6.07, 6.45) is 0. The van der Waals surface area contributed by atoms with E-state index in [1.54, 1.807) is 25.1 Å². The molecule has 0 spiro atoms. The average Bonchev–Trinajstić information content (AvgIpc) is 2.94. The molecule has 2 aromatic carbocycles. The second-order valence-electron chi connectivity index (χ2n) is 6.11. The van der Waals surface area contributed by atoms with Crippen LogP contribution >= 0.6 is 0 Å². The SMILES string of the molecule is Cc1cccc(-n2[nH]c(C)c(N=Nc3cc([N+](=O)[O-])cc([N+](=O)[O-])c3O)c2=O)c1. The first-order valence-electron chi connectivity index (χ1n) is 8.15. The van der Waals surface area contributed by atoms with E-state index in [0.717, 1.165) is 11.6 Å². The van der Waals surface area contributed by atoms with E-state index in [0.29, 0.717) is 17.4 Å². The third-order valence-corrected chi connectivity index (χ3v) is 4.02. The van der Waals surface area contributed by atoms with Crippen LogP contribution in [0.1, 0.15) is 11.3 Å². The van der Waals surface area contributed by atoms with Crippen molar-refractivity contribution < 1.29 is 15.0 Å². The number of hydrogen-bond donors (Lipinski definition) is 2. The highest BCUT2D eigenvalue weighted by Crippen LogP contribution is 2.40. The van der Waals surface area contributed by atoms with Gasteiger partial charge in [-0.25, -0.2) is 4.68 Å². The van der Waals surface area contributed by atoms with E-state index in [4.69, 9.17) is 0 Å². The molecule has 0 aliphatic heterocycles. The molecule has 148 valence electrons. The second-order valence-corrected chi connectivity index (χ2v) is 6.11. The third-order valence-electron chi connectivity index (χ3n) is 4.02. The van der Waals surface area contributed by atoms with Crippen LogP contribution in [0, 0.1) is 34.1 Å². The molecule has 0 saturated carbocycles. The largest absolute Gasteiger partial charge is 0.501 e. The Hall–Kier alpha value is -4.35. The number of non-ortho nitro benzene ring substituents is 1. The molecule has 0 amide bonds. The molecule has 12 heteroatoms. The van der Waals surface area contributed by atoms with Gasteiger partial charge in [0.2, 0.25) is 5.75 Å². The zero-order valence-corrected chi connectivity index (χ0v) is 15.2. The molecule has 0 atom stereocenters. The first kappa shape index (κ1) is 19.4. The number of nitrogens with zero attached hydrogens (tertiary/aromatic N) is 5. The van der Waals surface area contributed by atoms with Crippen LogP contribution in [0.2, 0.25) is 0 Å². The molecule has 0 fully saturated rings. The van der Waals surface area contributed by atoms with Crippen molar-refractivity contribution in [1.29, 1.82) is 0 Å². The predicted molar refractivity (Wildman–Crippen MR) is 101 cm³/mol. The molecule has 1 aromatic heterocycles. The Morgan fingerprint density at radius 3 is 2.41 bits per heavy atom. The van der Waals surface area contributed by atoms with Crippen LogP contribution in [0.4, 0.5) is 22.7 Å². The second kappa shape index (κ2) is 7.34. The molecule has 0 bridgehead atoms. The lowest BCUT2D eigenvalue weighted by Gasteiger charge is -2.01. The highest BCUT2D eigenvalue weighted by atomic mass is 16.6. The molecule has 0 radical (unpaired) electrons. The van der Waals surface area contributed by atoms with Gasteiger partial charge in [0.05, 0.1) is 27.3 Å². The number of H-pyrrole nitrogens is 1. The number of azo groups is 1. The van der Waals surface area contributed by atoms with Gasteiger partial charge in [-0.1, -0.05) is 12.1 Å². The minimum absolute atomic E-state index is 0.111. The molecule has 0 saturated heterocycles. The van der Waals surface area contributed by atoms with Crippen LogP contribution in [-0.4, -0.2) is 24.7 Å². The normalized spacial score (nSPS) is 11.1. The molecular weight excluding hydrogens is 384 g/mol. The molecule has 1 heterocycles. The number of aryl methyl sites for hydroxylation is 2. The lowest BCUT2D eigenvalue weighted by Crippen LogP contribution is -2.14. The standard InChI is InChI=1S/C17H14N6O6/c1-9-4-3-5-11(6-9)21-17(25)15(10(2)20-21)19-18-13-7-12(22(26)27)8-14(16(13)24)23(28)29/h3-8,20,24H,1-2H3. The van der Waals surface area contributed by atoms with Crippen LogP contribution in [0.25, 0.3) is 5.69 Å². The van der Waals surface area contributed by atoms with Gasteiger partial charge in [-0.15, -0.1) is 10.2 Å². The van der Waals surface area contributed by atoms with Gasteiger partial charge in [-0.3, -0.25) is 30.1 Å². The molecule has 3 rings (SSSR count).